The summed E-state index contributed by atoms with van der Waals surface area (Å²) in [5.41, 5.74) is -0.765. The van der Waals surface area contributed by atoms with E-state index in [9.17, 15) is 13.2 Å². The van der Waals surface area contributed by atoms with Gasteiger partial charge in [0.1, 0.15) is 0 Å². The van der Waals surface area contributed by atoms with Gasteiger partial charge in [-0.3, -0.25) is 0 Å². The molecule has 2 atom stereocenters. The SMILES string of the molecule is C=C[C@@H]1CC[C@@H](CCOc2ccc(C(F)(F)F)cn2)NC1. The summed E-state index contributed by atoms with van der Waals surface area (Å²) in [6.07, 6.45) is 1.38. The fraction of sp³-hybridized carbons (Fsp3) is 0.533. The highest BCUT2D eigenvalue weighted by molar-refractivity contribution is 5.20. The molecule has 0 spiro atoms. The van der Waals surface area contributed by atoms with Gasteiger partial charge >= 0.3 is 6.18 Å². The minimum absolute atomic E-state index is 0.225. The Bertz CT molecular complexity index is 451. The zero-order chi connectivity index (χ0) is 15.3. The van der Waals surface area contributed by atoms with Crippen LogP contribution in [0.2, 0.25) is 0 Å². The predicted octanol–water partition coefficient (Wildman–Crippen LogP) is 3.42. The van der Waals surface area contributed by atoms with E-state index in [2.05, 4.69) is 16.9 Å². The van der Waals surface area contributed by atoms with Crippen LogP contribution in [0.3, 0.4) is 0 Å². The maximum Gasteiger partial charge on any atom is 0.417 e. The zero-order valence-corrected chi connectivity index (χ0v) is 11.7. The summed E-state index contributed by atoms with van der Waals surface area (Å²) >= 11 is 0. The first-order valence-corrected chi connectivity index (χ1v) is 7.01. The number of hydrogen-bond donors (Lipinski definition) is 1. The second-order valence-electron chi connectivity index (χ2n) is 5.20. The van der Waals surface area contributed by atoms with E-state index < -0.39 is 11.7 Å². The second-order valence-corrected chi connectivity index (χ2v) is 5.20. The van der Waals surface area contributed by atoms with Gasteiger partial charge in [0.25, 0.3) is 0 Å². The summed E-state index contributed by atoms with van der Waals surface area (Å²) in [6, 6.07) is 2.62. The van der Waals surface area contributed by atoms with Crippen molar-refractivity contribution >= 4 is 0 Å². The molecule has 1 aliphatic heterocycles. The van der Waals surface area contributed by atoms with Gasteiger partial charge in [0.15, 0.2) is 0 Å². The second kappa shape index (κ2) is 6.93. The lowest BCUT2D eigenvalue weighted by molar-refractivity contribution is -0.137. The van der Waals surface area contributed by atoms with Crippen molar-refractivity contribution in [3.8, 4) is 5.88 Å². The van der Waals surface area contributed by atoms with E-state index in [-0.39, 0.29) is 5.88 Å². The molecule has 0 bridgehead atoms. The number of aromatic nitrogens is 1. The summed E-state index contributed by atoms with van der Waals surface area (Å²) in [4.78, 5) is 3.68. The van der Waals surface area contributed by atoms with Gasteiger partial charge in [-0.15, -0.1) is 6.58 Å². The topological polar surface area (TPSA) is 34.1 Å². The Hall–Kier alpha value is -1.56. The van der Waals surface area contributed by atoms with Gasteiger partial charge < -0.3 is 10.1 Å². The summed E-state index contributed by atoms with van der Waals surface area (Å²) < 4.78 is 42.5. The maximum absolute atomic E-state index is 12.4. The number of ether oxygens (including phenoxy) is 1. The molecule has 1 aromatic heterocycles. The van der Waals surface area contributed by atoms with E-state index in [1.165, 1.54) is 6.07 Å². The molecule has 6 heteroatoms. The third-order valence-electron chi connectivity index (χ3n) is 3.67. The van der Waals surface area contributed by atoms with Gasteiger partial charge in [-0.2, -0.15) is 13.2 Å². The van der Waals surface area contributed by atoms with Crippen LogP contribution in [0, 0.1) is 5.92 Å². The molecular formula is C15H19F3N2O. The number of nitrogens with zero attached hydrogens (tertiary/aromatic N) is 1. The van der Waals surface area contributed by atoms with Gasteiger partial charge in [0.05, 0.1) is 12.2 Å². The van der Waals surface area contributed by atoms with E-state index in [4.69, 9.17) is 4.74 Å². The van der Waals surface area contributed by atoms with Crippen molar-refractivity contribution in [3.05, 3.63) is 36.5 Å². The van der Waals surface area contributed by atoms with Crippen LogP contribution in [0.4, 0.5) is 13.2 Å². The van der Waals surface area contributed by atoms with Gasteiger partial charge in [-0.05, 0) is 31.2 Å². The lowest BCUT2D eigenvalue weighted by atomic mass is 9.93. The van der Waals surface area contributed by atoms with Gasteiger partial charge in [0, 0.05) is 24.8 Å². The van der Waals surface area contributed by atoms with Crippen molar-refractivity contribution < 1.29 is 17.9 Å². The van der Waals surface area contributed by atoms with Crippen LogP contribution in [-0.2, 0) is 6.18 Å². The number of alkyl halides is 3. The number of rotatable bonds is 5. The highest BCUT2D eigenvalue weighted by Crippen LogP contribution is 2.29. The minimum Gasteiger partial charge on any atom is -0.478 e. The molecule has 1 aromatic rings. The molecule has 0 saturated carbocycles. The number of hydrogen-bond acceptors (Lipinski definition) is 3. The van der Waals surface area contributed by atoms with Crippen LogP contribution < -0.4 is 10.1 Å². The Morgan fingerprint density at radius 2 is 2.19 bits per heavy atom. The normalized spacial score (nSPS) is 22.8. The Balaban J connectivity index is 1.73. The molecule has 3 nitrogen and oxygen atoms in total. The zero-order valence-electron chi connectivity index (χ0n) is 11.7. The van der Waals surface area contributed by atoms with Crippen LogP contribution in [-0.4, -0.2) is 24.2 Å². The fourth-order valence-corrected chi connectivity index (χ4v) is 2.32. The Morgan fingerprint density at radius 3 is 2.71 bits per heavy atom. The molecule has 1 aliphatic rings. The molecule has 0 amide bonds. The average Bonchev–Trinajstić information content (AvgIpc) is 2.47. The summed E-state index contributed by atoms with van der Waals surface area (Å²) in [6.45, 7) is 5.15. The van der Waals surface area contributed by atoms with E-state index >= 15 is 0 Å². The number of nitrogens with one attached hydrogen (secondary N) is 1. The molecule has 1 N–H and O–H groups in total. The van der Waals surface area contributed by atoms with Crippen molar-refractivity contribution in [1.82, 2.24) is 10.3 Å². The molecule has 0 unspecified atom stereocenters. The van der Waals surface area contributed by atoms with E-state index in [0.717, 1.165) is 38.1 Å². The first-order valence-electron chi connectivity index (χ1n) is 7.01. The molecular weight excluding hydrogens is 281 g/mol. The van der Waals surface area contributed by atoms with E-state index in [1.807, 2.05) is 6.08 Å². The van der Waals surface area contributed by atoms with E-state index in [1.54, 1.807) is 0 Å². The van der Waals surface area contributed by atoms with Crippen molar-refractivity contribution in [2.75, 3.05) is 13.2 Å². The highest BCUT2D eigenvalue weighted by Gasteiger charge is 2.30. The quantitative estimate of drug-likeness (QED) is 0.846. The highest BCUT2D eigenvalue weighted by atomic mass is 19.4. The molecule has 1 fully saturated rings. The maximum atomic E-state index is 12.4. The average molecular weight is 300 g/mol. The first-order chi connectivity index (χ1) is 9.99. The van der Waals surface area contributed by atoms with Crippen LogP contribution in [0.5, 0.6) is 5.88 Å². The third kappa shape index (κ3) is 4.74. The van der Waals surface area contributed by atoms with Crippen molar-refractivity contribution in [2.24, 2.45) is 5.92 Å². The molecule has 0 aromatic carbocycles. The molecule has 2 rings (SSSR count). The number of pyridine rings is 1. The third-order valence-corrected chi connectivity index (χ3v) is 3.67. The molecule has 1 saturated heterocycles. The first kappa shape index (κ1) is 15.8. The monoisotopic (exact) mass is 300 g/mol. The summed E-state index contributed by atoms with van der Waals surface area (Å²) in [5, 5.41) is 3.41. The minimum atomic E-state index is -4.36. The lowest BCUT2D eigenvalue weighted by Gasteiger charge is -2.28. The predicted molar refractivity (Wildman–Crippen MR) is 74.1 cm³/mol. The van der Waals surface area contributed by atoms with Crippen LogP contribution in [0.25, 0.3) is 0 Å². The van der Waals surface area contributed by atoms with Crippen LogP contribution in [0.1, 0.15) is 24.8 Å². The van der Waals surface area contributed by atoms with Crippen molar-refractivity contribution in [2.45, 2.75) is 31.5 Å². The fourth-order valence-electron chi connectivity index (χ4n) is 2.32. The Labute approximate surface area is 122 Å². The molecule has 2 heterocycles. The molecule has 0 radical (unpaired) electrons. The van der Waals surface area contributed by atoms with Crippen LogP contribution in [0.15, 0.2) is 31.0 Å². The van der Waals surface area contributed by atoms with Gasteiger partial charge in [-0.25, -0.2) is 4.98 Å². The Kier molecular flexibility index (Phi) is 5.22. The number of piperidine rings is 1. The summed E-state index contributed by atoms with van der Waals surface area (Å²) in [5.74, 6) is 0.751. The molecule has 116 valence electrons. The Morgan fingerprint density at radius 1 is 1.38 bits per heavy atom. The van der Waals surface area contributed by atoms with Gasteiger partial charge in [0.2, 0.25) is 5.88 Å². The van der Waals surface area contributed by atoms with Crippen molar-refractivity contribution in [3.63, 3.8) is 0 Å². The standard InChI is InChI=1S/C15H19F3N2O/c1-2-11-3-5-13(19-9-11)7-8-21-14-6-4-12(10-20-14)15(16,17)18/h2,4,6,10-11,13,19H,1,3,5,7-9H2/t11-,13+/m1/s1. The molecule has 21 heavy (non-hydrogen) atoms. The number of halogens is 3. The summed E-state index contributed by atoms with van der Waals surface area (Å²) in [7, 11) is 0. The largest absolute Gasteiger partial charge is 0.478 e. The van der Waals surface area contributed by atoms with Crippen LogP contribution >= 0.6 is 0 Å². The molecule has 0 aliphatic carbocycles. The smallest absolute Gasteiger partial charge is 0.417 e. The van der Waals surface area contributed by atoms with Crippen molar-refractivity contribution in [1.29, 1.82) is 0 Å². The van der Waals surface area contributed by atoms with E-state index in [0.29, 0.717) is 18.6 Å². The van der Waals surface area contributed by atoms with Gasteiger partial charge in [-0.1, -0.05) is 6.08 Å². The lowest BCUT2D eigenvalue weighted by Crippen LogP contribution is -2.39.